The van der Waals surface area contributed by atoms with Gasteiger partial charge in [-0.3, -0.25) is 5.32 Å². The highest BCUT2D eigenvalue weighted by Gasteiger charge is 2.40. The smallest absolute Gasteiger partial charge is 0.328 e. The molecule has 0 amide bonds. The lowest BCUT2D eigenvalue weighted by Crippen LogP contribution is -2.58. The first-order valence-corrected chi connectivity index (χ1v) is 5.24. The Morgan fingerprint density at radius 2 is 1.87 bits per heavy atom. The Morgan fingerprint density at radius 3 is 2.20 bits per heavy atom. The van der Waals surface area contributed by atoms with E-state index in [2.05, 4.69) is 19.2 Å². The van der Waals surface area contributed by atoms with Gasteiger partial charge < -0.3 is 9.47 Å². The summed E-state index contributed by atoms with van der Waals surface area (Å²) in [5.74, 6) is 0.176. The monoisotopic (exact) mass is 217 g/mol. The van der Waals surface area contributed by atoms with Gasteiger partial charge in [-0.2, -0.15) is 0 Å². The van der Waals surface area contributed by atoms with E-state index < -0.39 is 5.54 Å². The molecule has 90 valence electrons. The van der Waals surface area contributed by atoms with Crippen LogP contribution in [-0.2, 0) is 14.3 Å². The molecule has 0 heterocycles. The maximum Gasteiger partial charge on any atom is 0.328 e. The molecule has 0 rings (SSSR count). The van der Waals surface area contributed by atoms with Crippen LogP contribution in [0, 0.1) is 5.92 Å². The van der Waals surface area contributed by atoms with Crippen LogP contribution in [0.25, 0.3) is 0 Å². The Bertz CT molecular complexity index is 206. The molecule has 0 aliphatic heterocycles. The molecule has 0 bridgehead atoms. The number of rotatable bonds is 6. The zero-order valence-electron chi connectivity index (χ0n) is 10.6. The van der Waals surface area contributed by atoms with Gasteiger partial charge >= 0.3 is 5.97 Å². The largest absolute Gasteiger partial charge is 0.468 e. The summed E-state index contributed by atoms with van der Waals surface area (Å²) in [7, 11) is 2.98. The zero-order valence-corrected chi connectivity index (χ0v) is 10.6. The Kier molecular flexibility index (Phi) is 5.83. The van der Waals surface area contributed by atoms with E-state index in [1.807, 2.05) is 6.92 Å². The van der Waals surface area contributed by atoms with Crippen LogP contribution in [0.2, 0.25) is 0 Å². The molecule has 4 nitrogen and oxygen atoms in total. The van der Waals surface area contributed by atoms with Crippen LogP contribution in [0.4, 0.5) is 0 Å². The second-order valence-electron chi connectivity index (χ2n) is 4.35. The van der Waals surface area contributed by atoms with Crippen LogP contribution in [0.15, 0.2) is 0 Å². The van der Waals surface area contributed by atoms with Crippen LogP contribution in [0.3, 0.4) is 0 Å². The summed E-state index contributed by atoms with van der Waals surface area (Å²) in [6.07, 6.45) is -0.233. The van der Waals surface area contributed by atoms with E-state index >= 15 is 0 Å². The number of hydrogen-bond acceptors (Lipinski definition) is 4. The maximum atomic E-state index is 11.7. The van der Waals surface area contributed by atoms with E-state index in [1.54, 1.807) is 14.0 Å². The quantitative estimate of drug-likeness (QED) is 0.679. The first-order chi connectivity index (χ1) is 6.88. The Balaban J connectivity index is 4.62. The van der Waals surface area contributed by atoms with Crippen molar-refractivity contribution in [2.24, 2.45) is 5.92 Å². The molecular weight excluding hydrogens is 194 g/mol. The molecule has 0 aromatic rings. The van der Waals surface area contributed by atoms with Crippen molar-refractivity contribution in [2.45, 2.75) is 39.3 Å². The van der Waals surface area contributed by atoms with Crippen LogP contribution in [-0.4, -0.2) is 38.4 Å². The molecule has 15 heavy (non-hydrogen) atoms. The number of esters is 1. The highest BCUT2D eigenvalue weighted by atomic mass is 16.5. The van der Waals surface area contributed by atoms with Crippen molar-refractivity contribution in [1.29, 1.82) is 0 Å². The number of ether oxygens (including phenoxy) is 2. The predicted molar refractivity (Wildman–Crippen MR) is 59.7 cm³/mol. The Morgan fingerprint density at radius 1 is 1.33 bits per heavy atom. The fourth-order valence-corrected chi connectivity index (χ4v) is 1.25. The average Bonchev–Trinajstić information content (AvgIpc) is 2.23. The number of nitrogens with one attached hydrogen (secondary N) is 1. The van der Waals surface area contributed by atoms with E-state index in [9.17, 15) is 4.79 Å². The lowest BCUT2D eigenvalue weighted by atomic mass is 9.95. The van der Waals surface area contributed by atoms with E-state index in [-0.39, 0.29) is 12.1 Å². The lowest BCUT2D eigenvalue weighted by Gasteiger charge is -2.33. The third-order valence-corrected chi connectivity index (χ3v) is 2.65. The van der Waals surface area contributed by atoms with Crippen LogP contribution in [0.5, 0.6) is 0 Å². The van der Waals surface area contributed by atoms with E-state index in [0.717, 1.165) is 6.54 Å². The molecule has 0 aromatic heterocycles. The van der Waals surface area contributed by atoms with Gasteiger partial charge in [0.05, 0.1) is 13.2 Å². The predicted octanol–water partition coefficient (Wildman–Crippen LogP) is 1.20. The molecule has 1 N–H and O–H groups in total. The summed E-state index contributed by atoms with van der Waals surface area (Å²) in [4.78, 5) is 11.7. The van der Waals surface area contributed by atoms with Crippen molar-refractivity contribution in [1.82, 2.24) is 5.32 Å². The Labute approximate surface area is 92.3 Å². The lowest BCUT2D eigenvalue weighted by molar-refractivity contribution is -0.153. The van der Waals surface area contributed by atoms with Gasteiger partial charge in [-0.1, -0.05) is 13.8 Å². The molecule has 0 spiro atoms. The van der Waals surface area contributed by atoms with Crippen molar-refractivity contribution in [2.75, 3.05) is 20.8 Å². The molecule has 0 radical (unpaired) electrons. The minimum absolute atomic E-state index is 0.233. The molecule has 0 saturated carbocycles. The molecular formula is C11H23NO3. The molecule has 4 heteroatoms. The van der Waals surface area contributed by atoms with Crippen LogP contribution in [0.1, 0.15) is 27.7 Å². The highest BCUT2D eigenvalue weighted by molar-refractivity contribution is 5.81. The Hall–Kier alpha value is -0.610. The van der Waals surface area contributed by atoms with Crippen molar-refractivity contribution in [3.63, 3.8) is 0 Å². The number of carbonyl (C=O) groups is 1. The minimum Gasteiger partial charge on any atom is -0.468 e. The summed E-state index contributed by atoms with van der Waals surface area (Å²) < 4.78 is 10.00. The summed E-state index contributed by atoms with van der Waals surface area (Å²) in [5.41, 5.74) is -0.784. The standard InChI is InChI=1S/C11H23NO3/c1-8(2)7-12-11(4,9(3)14-5)10(13)15-6/h8-9,12H,7H2,1-6H3. The van der Waals surface area contributed by atoms with Gasteiger partial charge in [0.25, 0.3) is 0 Å². The van der Waals surface area contributed by atoms with Gasteiger partial charge in [-0.05, 0) is 26.3 Å². The molecule has 2 atom stereocenters. The summed E-state index contributed by atoms with van der Waals surface area (Å²) in [6, 6.07) is 0. The molecule has 0 aliphatic rings. The SMILES string of the molecule is COC(=O)C(C)(NCC(C)C)C(C)OC. The number of hydrogen-bond donors (Lipinski definition) is 1. The number of carbonyl (C=O) groups excluding carboxylic acids is 1. The normalized spacial score (nSPS) is 17.3. The first kappa shape index (κ1) is 14.4. The third-order valence-electron chi connectivity index (χ3n) is 2.65. The summed E-state index contributed by atoms with van der Waals surface area (Å²) in [6.45, 7) is 8.57. The van der Waals surface area contributed by atoms with Crippen molar-refractivity contribution >= 4 is 5.97 Å². The van der Waals surface area contributed by atoms with Crippen molar-refractivity contribution in [3.8, 4) is 0 Å². The molecule has 0 aromatic carbocycles. The van der Waals surface area contributed by atoms with Crippen molar-refractivity contribution < 1.29 is 14.3 Å². The second kappa shape index (κ2) is 6.08. The van der Waals surface area contributed by atoms with E-state index in [1.165, 1.54) is 7.11 Å². The fourth-order valence-electron chi connectivity index (χ4n) is 1.25. The molecule has 0 aliphatic carbocycles. The third kappa shape index (κ3) is 3.80. The van der Waals surface area contributed by atoms with Crippen LogP contribution < -0.4 is 5.32 Å². The second-order valence-corrected chi connectivity index (χ2v) is 4.35. The van der Waals surface area contributed by atoms with Gasteiger partial charge in [-0.15, -0.1) is 0 Å². The summed E-state index contributed by atoms with van der Waals surface area (Å²) in [5, 5.41) is 3.20. The average molecular weight is 217 g/mol. The van der Waals surface area contributed by atoms with Gasteiger partial charge in [0, 0.05) is 7.11 Å². The van der Waals surface area contributed by atoms with E-state index in [4.69, 9.17) is 9.47 Å². The van der Waals surface area contributed by atoms with E-state index in [0.29, 0.717) is 5.92 Å². The fraction of sp³-hybridized carbons (Fsp3) is 0.909. The maximum absolute atomic E-state index is 11.7. The zero-order chi connectivity index (χ0) is 12.1. The first-order valence-electron chi connectivity index (χ1n) is 5.24. The molecule has 0 fully saturated rings. The summed E-state index contributed by atoms with van der Waals surface area (Å²) >= 11 is 0. The van der Waals surface area contributed by atoms with Gasteiger partial charge in [0.15, 0.2) is 0 Å². The topological polar surface area (TPSA) is 47.6 Å². The molecule has 2 unspecified atom stereocenters. The minimum atomic E-state index is -0.784. The van der Waals surface area contributed by atoms with Gasteiger partial charge in [-0.25, -0.2) is 4.79 Å². The number of methoxy groups -OCH3 is 2. The van der Waals surface area contributed by atoms with Crippen molar-refractivity contribution in [3.05, 3.63) is 0 Å². The van der Waals surface area contributed by atoms with Crippen LogP contribution >= 0.6 is 0 Å². The van der Waals surface area contributed by atoms with Gasteiger partial charge in [0.2, 0.25) is 0 Å². The highest BCUT2D eigenvalue weighted by Crippen LogP contribution is 2.15. The molecule has 0 saturated heterocycles. The van der Waals surface area contributed by atoms with Gasteiger partial charge in [0.1, 0.15) is 5.54 Å².